The zero-order valence-corrected chi connectivity index (χ0v) is 21.7. The summed E-state index contributed by atoms with van der Waals surface area (Å²) in [5.41, 5.74) is 3.82. The standard InChI is InChI=1S/C30H34N4O5/c35-28(36)26-16-22(17-27(33-26)29(37)38)21-6-3-7-23(15-21)32-30(39)31-12-4-13-34-14-11-20-10-9-19-5-1-2-8-24(19)25(20)18-34/h1-3,5-8,15-17,20,22,25,33H,4,9-14,18H2,(H,35,36)(H,37,38)(H2,31,32,39). The predicted octanol–water partition coefficient (Wildman–Crippen LogP) is 3.87. The lowest BCUT2D eigenvalue weighted by Gasteiger charge is -2.42. The molecule has 2 aromatic rings. The number of amides is 2. The minimum absolute atomic E-state index is 0.201. The zero-order chi connectivity index (χ0) is 27.4. The van der Waals surface area contributed by atoms with Gasteiger partial charge in [-0.25, -0.2) is 14.4 Å². The molecule has 9 nitrogen and oxygen atoms in total. The lowest BCUT2D eigenvalue weighted by Crippen LogP contribution is -2.42. The predicted molar refractivity (Wildman–Crippen MR) is 147 cm³/mol. The number of anilines is 1. The molecule has 9 heteroatoms. The molecule has 0 saturated carbocycles. The Bertz CT molecular complexity index is 1290. The number of aryl methyl sites for hydroxylation is 1. The molecule has 1 fully saturated rings. The van der Waals surface area contributed by atoms with Gasteiger partial charge in [-0.15, -0.1) is 0 Å². The first-order chi connectivity index (χ1) is 18.9. The van der Waals surface area contributed by atoms with Crippen LogP contribution in [0.15, 0.2) is 72.1 Å². The molecule has 2 aromatic carbocycles. The van der Waals surface area contributed by atoms with E-state index in [0.717, 1.165) is 32.0 Å². The minimum Gasteiger partial charge on any atom is -0.477 e. The highest BCUT2D eigenvalue weighted by Crippen LogP contribution is 2.41. The number of carbonyl (C=O) groups excluding carboxylic acids is 1. The van der Waals surface area contributed by atoms with Gasteiger partial charge < -0.3 is 31.1 Å². The van der Waals surface area contributed by atoms with Gasteiger partial charge in [0, 0.05) is 24.7 Å². The van der Waals surface area contributed by atoms with Crippen molar-refractivity contribution in [2.75, 3.05) is 31.5 Å². The third-order valence-corrected chi connectivity index (χ3v) is 7.97. The second kappa shape index (κ2) is 11.7. The van der Waals surface area contributed by atoms with Crippen LogP contribution in [0.5, 0.6) is 0 Å². The topological polar surface area (TPSA) is 131 Å². The zero-order valence-electron chi connectivity index (χ0n) is 21.7. The van der Waals surface area contributed by atoms with Crippen LogP contribution >= 0.6 is 0 Å². The highest BCUT2D eigenvalue weighted by Gasteiger charge is 2.34. The number of urea groups is 1. The first kappa shape index (κ1) is 26.5. The van der Waals surface area contributed by atoms with Gasteiger partial charge >= 0.3 is 18.0 Å². The van der Waals surface area contributed by atoms with Crippen LogP contribution in [0.2, 0.25) is 0 Å². The number of likely N-dealkylation sites (tertiary alicyclic amines) is 1. The Balaban J connectivity index is 1.11. The first-order valence-corrected chi connectivity index (χ1v) is 13.5. The van der Waals surface area contributed by atoms with Crippen LogP contribution in [-0.2, 0) is 16.0 Å². The molecule has 5 rings (SSSR count). The maximum atomic E-state index is 12.5. The van der Waals surface area contributed by atoms with Gasteiger partial charge in [0.25, 0.3) is 0 Å². The Morgan fingerprint density at radius 2 is 1.74 bits per heavy atom. The van der Waals surface area contributed by atoms with E-state index in [9.17, 15) is 24.6 Å². The highest BCUT2D eigenvalue weighted by molar-refractivity contribution is 5.93. The van der Waals surface area contributed by atoms with Crippen molar-refractivity contribution in [1.29, 1.82) is 0 Å². The van der Waals surface area contributed by atoms with Crippen molar-refractivity contribution in [3.63, 3.8) is 0 Å². The number of benzene rings is 2. The molecule has 1 saturated heterocycles. The number of carboxylic acids is 2. The number of nitrogens with zero attached hydrogens (tertiary/aromatic N) is 1. The summed E-state index contributed by atoms with van der Waals surface area (Å²) < 4.78 is 0. The van der Waals surface area contributed by atoms with E-state index in [4.69, 9.17) is 0 Å². The molecule has 0 radical (unpaired) electrons. The van der Waals surface area contributed by atoms with E-state index in [2.05, 4.69) is 45.1 Å². The number of carboxylic acid groups (broad SMARTS) is 2. The van der Waals surface area contributed by atoms with Gasteiger partial charge in [-0.3, -0.25) is 0 Å². The highest BCUT2D eigenvalue weighted by atomic mass is 16.4. The summed E-state index contributed by atoms with van der Waals surface area (Å²) in [6.45, 7) is 3.67. The number of piperidine rings is 1. The van der Waals surface area contributed by atoms with E-state index in [1.54, 1.807) is 24.3 Å². The SMILES string of the molecule is O=C(NCCCN1CCC2CCc3ccccc3C2C1)Nc1cccc(C2C=C(C(=O)O)NC(C(=O)O)=C2)c1. The molecule has 0 bridgehead atoms. The van der Waals surface area contributed by atoms with Crippen LogP contribution in [0.3, 0.4) is 0 Å². The van der Waals surface area contributed by atoms with Crippen molar-refractivity contribution in [2.24, 2.45) is 5.92 Å². The Morgan fingerprint density at radius 3 is 2.51 bits per heavy atom. The summed E-state index contributed by atoms with van der Waals surface area (Å²) in [6, 6.07) is 15.5. The number of fused-ring (bicyclic) bond motifs is 3. The number of allylic oxidation sites excluding steroid dienone is 2. The number of aliphatic carboxylic acids is 2. The maximum Gasteiger partial charge on any atom is 0.352 e. The number of dihydropyridines is 1. The third kappa shape index (κ3) is 6.31. The lowest BCUT2D eigenvalue weighted by molar-refractivity contribution is -0.133. The fourth-order valence-electron chi connectivity index (χ4n) is 6.01. The normalized spacial score (nSPS) is 20.9. The van der Waals surface area contributed by atoms with Gasteiger partial charge in [-0.05, 0) is 91.6 Å². The monoisotopic (exact) mass is 530 g/mol. The van der Waals surface area contributed by atoms with E-state index in [0.29, 0.717) is 23.7 Å². The number of carbonyl (C=O) groups is 3. The number of rotatable bonds is 8. The molecule has 0 aromatic heterocycles. The molecule has 204 valence electrons. The molecule has 39 heavy (non-hydrogen) atoms. The number of hydrogen-bond donors (Lipinski definition) is 5. The quantitative estimate of drug-likeness (QED) is 0.328. The second-order valence-corrected chi connectivity index (χ2v) is 10.5. The van der Waals surface area contributed by atoms with Crippen LogP contribution in [0.1, 0.15) is 47.8 Å². The van der Waals surface area contributed by atoms with E-state index in [1.165, 1.54) is 42.5 Å². The molecule has 3 aliphatic rings. The molecule has 0 spiro atoms. The molecule has 2 atom stereocenters. The summed E-state index contributed by atoms with van der Waals surface area (Å²) in [6.07, 6.45) is 7.45. The summed E-state index contributed by atoms with van der Waals surface area (Å²) >= 11 is 0. The summed E-state index contributed by atoms with van der Waals surface area (Å²) in [7, 11) is 0. The molecule has 1 aliphatic carbocycles. The van der Waals surface area contributed by atoms with Gasteiger partial charge in [0.2, 0.25) is 0 Å². The molecule has 2 heterocycles. The largest absolute Gasteiger partial charge is 0.477 e. The summed E-state index contributed by atoms with van der Waals surface area (Å²) in [5, 5.41) is 26.8. The molecule has 2 unspecified atom stereocenters. The first-order valence-electron chi connectivity index (χ1n) is 13.5. The van der Waals surface area contributed by atoms with Crippen molar-refractivity contribution in [1.82, 2.24) is 15.5 Å². The Morgan fingerprint density at radius 1 is 0.974 bits per heavy atom. The Hall–Kier alpha value is -4.11. The van der Waals surface area contributed by atoms with Crippen LogP contribution < -0.4 is 16.0 Å². The molecule has 5 N–H and O–H groups in total. The fraction of sp³-hybridized carbons (Fsp3) is 0.367. The van der Waals surface area contributed by atoms with Crippen LogP contribution in [0.4, 0.5) is 10.5 Å². The number of nitrogens with one attached hydrogen (secondary N) is 3. The van der Waals surface area contributed by atoms with E-state index < -0.39 is 17.9 Å². The van der Waals surface area contributed by atoms with Crippen LogP contribution in [-0.4, -0.2) is 59.3 Å². The van der Waals surface area contributed by atoms with Crippen molar-refractivity contribution < 1.29 is 24.6 Å². The third-order valence-electron chi connectivity index (χ3n) is 7.97. The molecule has 2 aliphatic heterocycles. The van der Waals surface area contributed by atoms with Crippen molar-refractivity contribution in [2.45, 2.75) is 37.5 Å². The van der Waals surface area contributed by atoms with Crippen LogP contribution in [0, 0.1) is 5.92 Å². The maximum absolute atomic E-state index is 12.5. The summed E-state index contributed by atoms with van der Waals surface area (Å²) in [5.74, 6) is -1.66. The van der Waals surface area contributed by atoms with E-state index in [-0.39, 0.29) is 17.4 Å². The molecular formula is C30H34N4O5. The molecular weight excluding hydrogens is 496 g/mol. The van der Waals surface area contributed by atoms with Gasteiger partial charge in [-0.2, -0.15) is 0 Å². The fourth-order valence-corrected chi connectivity index (χ4v) is 6.01. The summed E-state index contributed by atoms with van der Waals surface area (Å²) in [4.78, 5) is 37.9. The van der Waals surface area contributed by atoms with Gasteiger partial charge in [0.1, 0.15) is 11.4 Å². The average Bonchev–Trinajstić information content (AvgIpc) is 2.95. The Kier molecular flexibility index (Phi) is 7.97. The van der Waals surface area contributed by atoms with Gasteiger partial charge in [-0.1, -0.05) is 36.4 Å². The van der Waals surface area contributed by atoms with Crippen molar-refractivity contribution in [3.05, 3.63) is 88.8 Å². The van der Waals surface area contributed by atoms with E-state index in [1.807, 2.05) is 0 Å². The minimum atomic E-state index is -1.24. The average molecular weight is 531 g/mol. The Labute approximate surface area is 227 Å². The smallest absolute Gasteiger partial charge is 0.352 e. The second-order valence-electron chi connectivity index (χ2n) is 10.5. The van der Waals surface area contributed by atoms with Crippen molar-refractivity contribution >= 4 is 23.7 Å². The van der Waals surface area contributed by atoms with E-state index >= 15 is 0 Å². The number of hydrogen-bond acceptors (Lipinski definition) is 5. The lowest BCUT2D eigenvalue weighted by atomic mass is 9.71. The van der Waals surface area contributed by atoms with Crippen LogP contribution in [0.25, 0.3) is 0 Å². The molecule has 2 amide bonds. The van der Waals surface area contributed by atoms with Crippen molar-refractivity contribution in [3.8, 4) is 0 Å². The van der Waals surface area contributed by atoms with Gasteiger partial charge in [0.05, 0.1) is 0 Å². The van der Waals surface area contributed by atoms with Gasteiger partial charge in [0.15, 0.2) is 0 Å².